The third kappa shape index (κ3) is 3.35. The fourth-order valence-corrected chi connectivity index (χ4v) is 1.37. The Kier molecular flexibility index (Phi) is 3.71. The van der Waals surface area contributed by atoms with Crippen molar-refractivity contribution < 1.29 is 13.2 Å². The molecule has 4 nitrogen and oxygen atoms in total. The molecule has 0 spiro atoms. The van der Waals surface area contributed by atoms with E-state index in [4.69, 9.17) is 11.6 Å². The zero-order valence-corrected chi connectivity index (χ0v) is 8.67. The van der Waals surface area contributed by atoms with E-state index in [0.29, 0.717) is 0 Å². The van der Waals surface area contributed by atoms with Crippen molar-refractivity contribution >= 4 is 5.82 Å². The van der Waals surface area contributed by atoms with Gasteiger partial charge in [-0.15, -0.1) is 0 Å². The largest absolute Gasteiger partial charge is 0.390 e. The molecule has 1 aromatic heterocycles. The van der Waals surface area contributed by atoms with Crippen LogP contribution >= 0.6 is 0 Å². The maximum Gasteiger partial charge on any atom is 0.390 e. The van der Waals surface area contributed by atoms with Gasteiger partial charge >= 0.3 is 6.18 Å². The highest BCUT2D eigenvalue weighted by atomic mass is 19.4. The van der Waals surface area contributed by atoms with Crippen LogP contribution in [0.1, 0.15) is 23.6 Å². The Morgan fingerprint density at radius 2 is 2.12 bits per heavy atom. The van der Waals surface area contributed by atoms with Crippen molar-refractivity contribution in [2.75, 3.05) is 5.73 Å². The maximum atomic E-state index is 12.3. The average molecular weight is 234 g/mol. The van der Waals surface area contributed by atoms with Crippen molar-refractivity contribution in [2.45, 2.75) is 25.6 Å². The lowest BCUT2D eigenvalue weighted by molar-refractivity contribution is -0.140. The number of nitrogens with one attached hydrogen (secondary N) is 1. The Labute approximate surface area is 90.8 Å². The number of nitrogens with two attached hydrogens (primary N) is 2. The van der Waals surface area contributed by atoms with Crippen LogP contribution in [0, 0.1) is 6.92 Å². The van der Waals surface area contributed by atoms with Gasteiger partial charge in [0.05, 0.1) is 12.5 Å². The van der Waals surface area contributed by atoms with Crippen LogP contribution in [0.5, 0.6) is 0 Å². The number of aryl methyl sites for hydroxylation is 1. The Morgan fingerprint density at radius 3 is 2.62 bits per heavy atom. The molecule has 0 radical (unpaired) electrons. The van der Waals surface area contributed by atoms with Gasteiger partial charge in [-0.2, -0.15) is 13.2 Å². The van der Waals surface area contributed by atoms with Crippen molar-refractivity contribution in [3.63, 3.8) is 0 Å². The van der Waals surface area contributed by atoms with Crippen molar-refractivity contribution in [1.29, 1.82) is 0 Å². The van der Waals surface area contributed by atoms with Crippen LogP contribution in [0.4, 0.5) is 19.0 Å². The van der Waals surface area contributed by atoms with E-state index >= 15 is 0 Å². The maximum absolute atomic E-state index is 12.3. The van der Waals surface area contributed by atoms with E-state index in [2.05, 4.69) is 10.4 Å². The van der Waals surface area contributed by atoms with Crippen LogP contribution in [0.15, 0.2) is 12.3 Å². The number of hydrazine groups is 1. The quantitative estimate of drug-likeness (QED) is 0.546. The Bertz CT molecular complexity index is 364. The standard InChI is InChI=1S/C9H13F3N4/c1-5-2-6(8(13)15-4-5)7(16-14)3-9(10,11)12/h2,4,7,16H,3,14H2,1H3,(H2,13,15). The Balaban J connectivity index is 2.99. The molecule has 1 aromatic rings. The van der Waals surface area contributed by atoms with Gasteiger partial charge in [-0.1, -0.05) is 0 Å². The molecule has 0 aliphatic carbocycles. The number of hydrogen-bond donors (Lipinski definition) is 3. The third-order valence-electron chi connectivity index (χ3n) is 2.10. The second-order valence-electron chi connectivity index (χ2n) is 3.53. The first kappa shape index (κ1) is 12.7. The lowest BCUT2D eigenvalue weighted by Crippen LogP contribution is -2.32. The van der Waals surface area contributed by atoms with Gasteiger partial charge in [-0.05, 0) is 18.6 Å². The molecule has 0 aromatic carbocycles. The molecule has 0 saturated heterocycles. The van der Waals surface area contributed by atoms with E-state index in [1.54, 1.807) is 13.0 Å². The van der Waals surface area contributed by atoms with Gasteiger partial charge in [0, 0.05) is 11.8 Å². The predicted octanol–water partition coefficient (Wildman–Crippen LogP) is 1.43. The highest BCUT2D eigenvalue weighted by Crippen LogP contribution is 2.31. The van der Waals surface area contributed by atoms with E-state index in [1.165, 1.54) is 6.20 Å². The number of halogens is 3. The van der Waals surface area contributed by atoms with Gasteiger partial charge in [0.1, 0.15) is 5.82 Å². The lowest BCUT2D eigenvalue weighted by atomic mass is 10.0. The second kappa shape index (κ2) is 4.67. The summed E-state index contributed by atoms with van der Waals surface area (Å²) in [5.74, 6) is 5.15. The van der Waals surface area contributed by atoms with Crippen LogP contribution < -0.4 is 17.0 Å². The SMILES string of the molecule is Cc1cnc(N)c(C(CC(F)(F)F)NN)c1. The molecular weight excluding hydrogens is 221 g/mol. The number of pyridine rings is 1. The van der Waals surface area contributed by atoms with Gasteiger partial charge in [0.15, 0.2) is 0 Å². The minimum atomic E-state index is -4.31. The fourth-order valence-electron chi connectivity index (χ4n) is 1.37. The molecule has 1 unspecified atom stereocenters. The molecule has 7 heteroatoms. The van der Waals surface area contributed by atoms with Crippen molar-refractivity contribution in [3.05, 3.63) is 23.4 Å². The van der Waals surface area contributed by atoms with E-state index < -0.39 is 18.6 Å². The van der Waals surface area contributed by atoms with Crippen molar-refractivity contribution in [1.82, 2.24) is 10.4 Å². The van der Waals surface area contributed by atoms with Gasteiger partial charge in [0.2, 0.25) is 0 Å². The van der Waals surface area contributed by atoms with Gasteiger partial charge in [0.25, 0.3) is 0 Å². The average Bonchev–Trinajstić information content (AvgIpc) is 2.17. The first-order chi connectivity index (χ1) is 7.33. The molecule has 0 bridgehead atoms. The highest BCUT2D eigenvalue weighted by Gasteiger charge is 2.33. The second-order valence-corrected chi connectivity index (χ2v) is 3.53. The number of nitrogen functional groups attached to an aromatic ring is 1. The first-order valence-corrected chi connectivity index (χ1v) is 4.58. The van der Waals surface area contributed by atoms with E-state index in [0.717, 1.165) is 5.56 Å². The number of alkyl halides is 3. The summed E-state index contributed by atoms with van der Waals surface area (Å²) < 4.78 is 36.8. The third-order valence-corrected chi connectivity index (χ3v) is 2.10. The number of anilines is 1. The zero-order valence-electron chi connectivity index (χ0n) is 8.67. The van der Waals surface area contributed by atoms with Crippen molar-refractivity contribution in [2.24, 2.45) is 5.84 Å². The van der Waals surface area contributed by atoms with Gasteiger partial charge in [-0.3, -0.25) is 11.3 Å². The molecule has 0 amide bonds. The van der Waals surface area contributed by atoms with Crippen LogP contribution in [-0.2, 0) is 0 Å². The summed E-state index contributed by atoms with van der Waals surface area (Å²) >= 11 is 0. The minimum absolute atomic E-state index is 0.0535. The molecule has 1 atom stereocenters. The molecule has 90 valence electrons. The molecule has 16 heavy (non-hydrogen) atoms. The van der Waals surface area contributed by atoms with E-state index in [1.807, 2.05) is 0 Å². The normalized spacial score (nSPS) is 13.8. The minimum Gasteiger partial charge on any atom is -0.383 e. The zero-order chi connectivity index (χ0) is 12.3. The van der Waals surface area contributed by atoms with Crippen LogP contribution in [0.2, 0.25) is 0 Å². The lowest BCUT2D eigenvalue weighted by Gasteiger charge is -2.19. The van der Waals surface area contributed by atoms with Gasteiger partial charge < -0.3 is 5.73 Å². The molecule has 0 aliphatic rings. The molecule has 5 N–H and O–H groups in total. The topological polar surface area (TPSA) is 77.0 Å². The van der Waals surface area contributed by atoms with E-state index in [-0.39, 0.29) is 11.4 Å². The molecule has 0 saturated carbocycles. The summed E-state index contributed by atoms with van der Waals surface area (Å²) in [6.07, 6.45) is -3.91. The van der Waals surface area contributed by atoms with Crippen LogP contribution in [0.3, 0.4) is 0 Å². The van der Waals surface area contributed by atoms with Crippen LogP contribution in [-0.4, -0.2) is 11.2 Å². The fraction of sp³-hybridized carbons (Fsp3) is 0.444. The number of nitrogens with zero attached hydrogens (tertiary/aromatic N) is 1. The monoisotopic (exact) mass is 234 g/mol. The number of rotatable bonds is 3. The summed E-state index contributed by atoms with van der Waals surface area (Å²) in [5, 5.41) is 0. The van der Waals surface area contributed by atoms with Crippen molar-refractivity contribution in [3.8, 4) is 0 Å². The Hall–Kier alpha value is -1.34. The molecule has 1 rings (SSSR count). The predicted molar refractivity (Wildman–Crippen MR) is 54.1 cm³/mol. The number of hydrogen-bond acceptors (Lipinski definition) is 4. The summed E-state index contributed by atoms with van der Waals surface area (Å²) in [4.78, 5) is 3.79. The summed E-state index contributed by atoms with van der Waals surface area (Å²) in [6, 6.07) is 0.464. The highest BCUT2D eigenvalue weighted by molar-refractivity contribution is 5.42. The summed E-state index contributed by atoms with van der Waals surface area (Å²) in [5.41, 5.74) is 8.61. The number of aromatic nitrogens is 1. The Morgan fingerprint density at radius 1 is 1.50 bits per heavy atom. The van der Waals surface area contributed by atoms with Gasteiger partial charge in [-0.25, -0.2) is 4.98 Å². The molecule has 0 fully saturated rings. The first-order valence-electron chi connectivity index (χ1n) is 4.58. The smallest absolute Gasteiger partial charge is 0.383 e. The molecular formula is C9H13F3N4. The molecule has 1 heterocycles. The molecule has 0 aliphatic heterocycles. The summed E-state index contributed by atoms with van der Waals surface area (Å²) in [7, 11) is 0. The summed E-state index contributed by atoms with van der Waals surface area (Å²) in [6.45, 7) is 1.72. The van der Waals surface area contributed by atoms with Crippen LogP contribution in [0.25, 0.3) is 0 Å². The van der Waals surface area contributed by atoms with E-state index in [9.17, 15) is 13.2 Å².